The van der Waals surface area contributed by atoms with Crippen molar-refractivity contribution in [3.05, 3.63) is 23.9 Å². The van der Waals surface area contributed by atoms with Crippen molar-refractivity contribution in [3.8, 4) is 0 Å². The molecule has 1 aromatic rings. The normalized spacial score (nSPS) is 10.4. The molecule has 0 atom stereocenters. The Labute approximate surface area is 103 Å². The van der Waals surface area contributed by atoms with Gasteiger partial charge in [-0.3, -0.25) is 4.79 Å². The molecule has 0 spiro atoms. The zero-order valence-electron chi connectivity index (χ0n) is 11.0. The maximum Gasteiger partial charge on any atom is 0.253 e. The van der Waals surface area contributed by atoms with E-state index >= 15 is 0 Å². The summed E-state index contributed by atoms with van der Waals surface area (Å²) >= 11 is 0. The van der Waals surface area contributed by atoms with Gasteiger partial charge < -0.3 is 10.2 Å². The van der Waals surface area contributed by atoms with Crippen LogP contribution >= 0.6 is 0 Å². The molecule has 4 nitrogen and oxygen atoms in total. The second-order valence-corrected chi connectivity index (χ2v) is 4.59. The molecule has 0 saturated carbocycles. The molecule has 0 aliphatic carbocycles. The van der Waals surface area contributed by atoms with Gasteiger partial charge in [0.15, 0.2) is 0 Å². The van der Waals surface area contributed by atoms with E-state index < -0.39 is 0 Å². The largest absolute Gasteiger partial charge is 0.373 e. The van der Waals surface area contributed by atoms with E-state index in [4.69, 9.17) is 0 Å². The van der Waals surface area contributed by atoms with Crippen molar-refractivity contribution in [1.29, 1.82) is 0 Å². The lowest BCUT2D eigenvalue weighted by molar-refractivity contribution is 0.0789. The highest BCUT2D eigenvalue weighted by Gasteiger charge is 2.12. The molecule has 0 aliphatic heterocycles. The van der Waals surface area contributed by atoms with E-state index in [2.05, 4.69) is 24.1 Å². The summed E-state index contributed by atoms with van der Waals surface area (Å²) < 4.78 is 0. The predicted octanol–water partition coefficient (Wildman–Crippen LogP) is 2.24. The first-order valence-electron chi connectivity index (χ1n) is 5.94. The van der Waals surface area contributed by atoms with Gasteiger partial charge in [-0.05, 0) is 24.5 Å². The smallest absolute Gasteiger partial charge is 0.253 e. The van der Waals surface area contributed by atoms with Gasteiger partial charge in [-0.15, -0.1) is 0 Å². The fourth-order valence-electron chi connectivity index (χ4n) is 1.47. The van der Waals surface area contributed by atoms with Crippen molar-refractivity contribution in [1.82, 2.24) is 9.88 Å². The highest BCUT2D eigenvalue weighted by molar-refractivity contribution is 5.94. The molecule has 94 valence electrons. The Hall–Kier alpha value is -1.58. The SMILES string of the molecule is CNc1cc(C(=O)N(C)CCC(C)C)ccn1. The molecule has 17 heavy (non-hydrogen) atoms. The quantitative estimate of drug-likeness (QED) is 0.851. The molecule has 0 fully saturated rings. The van der Waals surface area contributed by atoms with Gasteiger partial charge >= 0.3 is 0 Å². The molecule has 0 aliphatic rings. The van der Waals surface area contributed by atoms with Gasteiger partial charge in [0.05, 0.1) is 0 Å². The van der Waals surface area contributed by atoms with Gasteiger partial charge in [0, 0.05) is 32.4 Å². The van der Waals surface area contributed by atoms with Crippen molar-refractivity contribution in [2.45, 2.75) is 20.3 Å². The Morgan fingerprint density at radius 1 is 1.53 bits per heavy atom. The first-order valence-corrected chi connectivity index (χ1v) is 5.94. The summed E-state index contributed by atoms with van der Waals surface area (Å²) in [5.74, 6) is 1.37. The lowest BCUT2D eigenvalue weighted by Crippen LogP contribution is -2.28. The van der Waals surface area contributed by atoms with Crippen LogP contribution in [0.1, 0.15) is 30.6 Å². The molecule has 0 bridgehead atoms. The molecule has 1 aromatic heterocycles. The van der Waals surface area contributed by atoms with Crippen molar-refractivity contribution >= 4 is 11.7 Å². The Balaban J connectivity index is 2.67. The molecule has 0 aromatic carbocycles. The van der Waals surface area contributed by atoms with Crippen LogP contribution in [-0.4, -0.2) is 36.4 Å². The van der Waals surface area contributed by atoms with Crippen LogP contribution in [0, 0.1) is 5.92 Å². The molecule has 0 unspecified atom stereocenters. The van der Waals surface area contributed by atoms with Crippen molar-refractivity contribution in [3.63, 3.8) is 0 Å². The zero-order chi connectivity index (χ0) is 12.8. The number of rotatable bonds is 5. The Morgan fingerprint density at radius 2 is 2.24 bits per heavy atom. The third kappa shape index (κ3) is 4.06. The Kier molecular flexibility index (Phi) is 4.94. The Bertz CT molecular complexity index is 377. The van der Waals surface area contributed by atoms with Crippen LogP contribution in [0.4, 0.5) is 5.82 Å². The minimum atomic E-state index is 0.0459. The van der Waals surface area contributed by atoms with E-state index in [1.54, 1.807) is 30.3 Å². The monoisotopic (exact) mass is 235 g/mol. The second-order valence-electron chi connectivity index (χ2n) is 4.59. The van der Waals surface area contributed by atoms with Gasteiger partial charge in [-0.1, -0.05) is 13.8 Å². The molecule has 4 heteroatoms. The Morgan fingerprint density at radius 3 is 2.82 bits per heavy atom. The summed E-state index contributed by atoms with van der Waals surface area (Å²) in [6, 6.07) is 3.52. The first kappa shape index (κ1) is 13.5. The number of amides is 1. The number of nitrogens with zero attached hydrogens (tertiary/aromatic N) is 2. The molecule has 1 N–H and O–H groups in total. The van der Waals surface area contributed by atoms with Crippen molar-refractivity contribution < 1.29 is 4.79 Å². The lowest BCUT2D eigenvalue weighted by Gasteiger charge is -2.18. The van der Waals surface area contributed by atoms with Crippen LogP contribution in [0.3, 0.4) is 0 Å². The fourth-order valence-corrected chi connectivity index (χ4v) is 1.47. The number of aromatic nitrogens is 1. The van der Waals surface area contributed by atoms with Crippen LogP contribution in [0.15, 0.2) is 18.3 Å². The fraction of sp³-hybridized carbons (Fsp3) is 0.538. The van der Waals surface area contributed by atoms with Crippen LogP contribution in [0.5, 0.6) is 0 Å². The summed E-state index contributed by atoms with van der Waals surface area (Å²) in [6.07, 6.45) is 2.67. The van der Waals surface area contributed by atoms with Crippen LogP contribution in [-0.2, 0) is 0 Å². The lowest BCUT2D eigenvalue weighted by atomic mass is 10.1. The van der Waals surface area contributed by atoms with Gasteiger partial charge in [-0.2, -0.15) is 0 Å². The number of pyridine rings is 1. The zero-order valence-corrected chi connectivity index (χ0v) is 11.0. The first-order chi connectivity index (χ1) is 8.04. The summed E-state index contributed by atoms with van der Waals surface area (Å²) in [5.41, 5.74) is 0.676. The average Bonchev–Trinajstić information content (AvgIpc) is 2.35. The predicted molar refractivity (Wildman–Crippen MR) is 70.2 cm³/mol. The van der Waals surface area contributed by atoms with Crippen molar-refractivity contribution in [2.24, 2.45) is 5.92 Å². The van der Waals surface area contributed by atoms with E-state index in [9.17, 15) is 4.79 Å². The number of hydrogen-bond donors (Lipinski definition) is 1. The van der Waals surface area contributed by atoms with Gasteiger partial charge in [0.1, 0.15) is 5.82 Å². The number of nitrogens with one attached hydrogen (secondary N) is 1. The average molecular weight is 235 g/mol. The van der Waals surface area contributed by atoms with Crippen LogP contribution < -0.4 is 5.32 Å². The van der Waals surface area contributed by atoms with E-state index in [-0.39, 0.29) is 5.91 Å². The second kappa shape index (κ2) is 6.23. The standard InChI is InChI=1S/C13H21N3O/c1-10(2)6-8-16(4)13(17)11-5-7-15-12(9-11)14-3/h5,7,9-10H,6,8H2,1-4H3,(H,14,15). The molecule has 0 saturated heterocycles. The third-order valence-electron chi connectivity index (χ3n) is 2.65. The third-order valence-corrected chi connectivity index (χ3v) is 2.65. The molecule has 0 radical (unpaired) electrons. The van der Waals surface area contributed by atoms with E-state index in [0.29, 0.717) is 17.3 Å². The minimum absolute atomic E-state index is 0.0459. The van der Waals surface area contributed by atoms with Gasteiger partial charge in [-0.25, -0.2) is 4.98 Å². The maximum absolute atomic E-state index is 12.1. The highest BCUT2D eigenvalue weighted by Crippen LogP contribution is 2.09. The van der Waals surface area contributed by atoms with Gasteiger partial charge in [0.2, 0.25) is 0 Å². The van der Waals surface area contributed by atoms with Crippen LogP contribution in [0.2, 0.25) is 0 Å². The number of carbonyl (C=O) groups excluding carboxylic acids is 1. The summed E-state index contributed by atoms with van der Waals surface area (Å²) in [4.78, 5) is 17.9. The highest BCUT2D eigenvalue weighted by atomic mass is 16.2. The topological polar surface area (TPSA) is 45.2 Å². The van der Waals surface area contributed by atoms with Gasteiger partial charge in [0.25, 0.3) is 5.91 Å². The molecular formula is C13H21N3O. The molecule has 1 amide bonds. The van der Waals surface area contributed by atoms with Crippen LogP contribution in [0.25, 0.3) is 0 Å². The van der Waals surface area contributed by atoms with E-state index in [1.807, 2.05) is 7.05 Å². The minimum Gasteiger partial charge on any atom is -0.373 e. The summed E-state index contributed by atoms with van der Waals surface area (Å²) in [5, 5.41) is 2.93. The van der Waals surface area contributed by atoms with E-state index in [1.165, 1.54) is 0 Å². The summed E-state index contributed by atoms with van der Waals surface area (Å²) in [6.45, 7) is 5.10. The number of anilines is 1. The number of carbonyl (C=O) groups is 1. The molecule has 1 rings (SSSR count). The maximum atomic E-state index is 12.1. The molecular weight excluding hydrogens is 214 g/mol. The van der Waals surface area contributed by atoms with E-state index in [0.717, 1.165) is 13.0 Å². The van der Waals surface area contributed by atoms with Crippen molar-refractivity contribution in [2.75, 3.05) is 26.0 Å². The molecule has 1 heterocycles. The summed E-state index contributed by atoms with van der Waals surface area (Å²) in [7, 11) is 3.63. The number of hydrogen-bond acceptors (Lipinski definition) is 3.